The van der Waals surface area contributed by atoms with Gasteiger partial charge in [-0.05, 0) is 65.9 Å². The molecule has 24 heavy (non-hydrogen) atoms. The Morgan fingerprint density at radius 1 is 1.21 bits per heavy atom. The molecule has 1 heterocycles. The molecule has 0 bridgehead atoms. The van der Waals surface area contributed by atoms with Crippen molar-refractivity contribution in [2.45, 2.75) is 17.6 Å². The van der Waals surface area contributed by atoms with Crippen LogP contribution in [0.3, 0.4) is 0 Å². The SMILES string of the molecule is Cc1nc(CSc2ccccc2C(=O)Nc2ccc(I)cc2)cs1. The number of anilines is 1. The molecule has 122 valence electrons. The number of carbonyl (C=O) groups excluding carboxylic acids is 1. The van der Waals surface area contributed by atoms with Crippen LogP contribution >= 0.6 is 45.7 Å². The molecule has 0 unspecified atom stereocenters. The monoisotopic (exact) mass is 466 g/mol. The van der Waals surface area contributed by atoms with E-state index < -0.39 is 0 Å². The number of thiazole rings is 1. The smallest absolute Gasteiger partial charge is 0.256 e. The van der Waals surface area contributed by atoms with Crippen LogP contribution in [0.5, 0.6) is 0 Å². The average Bonchev–Trinajstić information content (AvgIpc) is 3.01. The molecule has 0 atom stereocenters. The molecule has 0 spiro atoms. The molecule has 0 aliphatic carbocycles. The highest BCUT2D eigenvalue weighted by molar-refractivity contribution is 14.1. The van der Waals surface area contributed by atoms with Crippen molar-refractivity contribution in [3.63, 3.8) is 0 Å². The van der Waals surface area contributed by atoms with Crippen LogP contribution in [0.1, 0.15) is 21.1 Å². The van der Waals surface area contributed by atoms with Crippen LogP contribution in [-0.2, 0) is 5.75 Å². The Kier molecular flexibility index (Phi) is 5.91. The molecule has 1 N–H and O–H groups in total. The van der Waals surface area contributed by atoms with Gasteiger partial charge in [0.2, 0.25) is 0 Å². The van der Waals surface area contributed by atoms with Gasteiger partial charge in [0.05, 0.1) is 16.3 Å². The standard InChI is InChI=1S/C18H15IN2OS2/c1-12-20-15(10-23-12)11-24-17-5-3-2-4-16(17)18(22)21-14-8-6-13(19)7-9-14/h2-10H,11H2,1H3,(H,21,22). The van der Waals surface area contributed by atoms with E-state index in [0.29, 0.717) is 5.56 Å². The maximum Gasteiger partial charge on any atom is 0.256 e. The first-order chi connectivity index (χ1) is 11.6. The van der Waals surface area contributed by atoms with E-state index in [-0.39, 0.29) is 5.91 Å². The molecular weight excluding hydrogens is 451 g/mol. The second kappa shape index (κ2) is 8.13. The van der Waals surface area contributed by atoms with Gasteiger partial charge in [0.25, 0.3) is 5.91 Å². The van der Waals surface area contributed by atoms with Crippen molar-refractivity contribution in [3.05, 3.63) is 73.7 Å². The number of rotatable bonds is 5. The van der Waals surface area contributed by atoms with E-state index in [9.17, 15) is 4.79 Å². The molecule has 0 saturated heterocycles. The van der Waals surface area contributed by atoms with Crippen LogP contribution in [0.25, 0.3) is 0 Å². The summed E-state index contributed by atoms with van der Waals surface area (Å²) in [6, 6.07) is 15.4. The van der Waals surface area contributed by atoms with Crippen molar-refractivity contribution in [1.29, 1.82) is 0 Å². The summed E-state index contributed by atoms with van der Waals surface area (Å²) in [7, 11) is 0. The molecule has 3 aromatic rings. The van der Waals surface area contributed by atoms with Gasteiger partial charge in [-0.15, -0.1) is 23.1 Å². The zero-order valence-corrected chi connectivity index (χ0v) is 16.7. The maximum absolute atomic E-state index is 12.6. The molecule has 1 amide bonds. The van der Waals surface area contributed by atoms with Gasteiger partial charge in [-0.2, -0.15) is 0 Å². The fourth-order valence-corrected chi connectivity index (χ4v) is 4.16. The molecule has 2 aromatic carbocycles. The summed E-state index contributed by atoms with van der Waals surface area (Å²) in [4.78, 5) is 18.0. The summed E-state index contributed by atoms with van der Waals surface area (Å²) in [5, 5.41) is 6.09. The van der Waals surface area contributed by atoms with Crippen molar-refractivity contribution < 1.29 is 4.79 Å². The first kappa shape index (κ1) is 17.4. The summed E-state index contributed by atoms with van der Waals surface area (Å²) < 4.78 is 1.14. The second-order valence-corrected chi connectivity index (χ2v) is 8.43. The van der Waals surface area contributed by atoms with Gasteiger partial charge in [0.15, 0.2) is 0 Å². The summed E-state index contributed by atoms with van der Waals surface area (Å²) in [6.07, 6.45) is 0. The lowest BCUT2D eigenvalue weighted by Gasteiger charge is -2.09. The summed E-state index contributed by atoms with van der Waals surface area (Å²) in [6.45, 7) is 2.00. The minimum Gasteiger partial charge on any atom is -0.322 e. The van der Waals surface area contributed by atoms with Crippen molar-refractivity contribution >= 4 is 57.3 Å². The molecule has 0 aliphatic rings. The van der Waals surface area contributed by atoms with Crippen LogP contribution in [0.2, 0.25) is 0 Å². The number of nitrogens with one attached hydrogen (secondary N) is 1. The van der Waals surface area contributed by atoms with Gasteiger partial charge >= 0.3 is 0 Å². The van der Waals surface area contributed by atoms with Gasteiger partial charge in [0, 0.05) is 25.3 Å². The van der Waals surface area contributed by atoms with Crippen LogP contribution in [0.4, 0.5) is 5.69 Å². The largest absolute Gasteiger partial charge is 0.322 e. The molecule has 0 aliphatic heterocycles. The summed E-state index contributed by atoms with van der Waals surface area (Å²) in [5.74, 6) is 0.673. The van der Waals surface area contributed by atoms with E-state index in [0.717, 1.165) is 30.6 Å². The zero-order valence-electron chi connectivity index (χ0n) is 13.0. The number of aryl methyl sites for hydroxylation is 1. The average molecular weight is 466 g/mol. The van der Waals surface area contributed by atoms with Crippen LogP contribution < -0.4 is 5.32 Å². The van der Waals surface area contributed by atoms with E-state index in [1.807, 2.05) is 55.5 Å². The number of thioether (sulfide) groups is 1. The van der Waals surface area contributed by atoms with Crippen LogP contribution in [-0.4, -0.2) is 10.9 Å². The summed E-state index contributed by atoms with van der Waals surface area (Å²) >= 11 is 5.53. The van der Waals surface area contributed by atoms with Gasteiger partial charge < -0.3 is 5.32 Å². The number of carbonyl (C=O) groups is 1. The normalized spacial score (nSPS) is 10.6. The van der Waals surface area contributed by atoms with E-state index in [1.54, 1.807) is 23.1 Å². The van der Waals surface area contributed by atoms with Crippen molar-refractivity contribution in [2.75, 3.05) is 5.32 Å². The Balaban J connectivity index is 1.72. The number of nitrogens with zero attached hydrogens (tertiary/aromatic N) is 1. The number of halogens is 1. The number of hydrogen-bond acceptors (Lipinski definition) is 4. The third kappa shape index (κ3) is 4.58. The van der Waals surface area contributed by atoms with Crippen molar-refractivity contribution in [3.8, 4) is 0 Å². The molecule has 3 rings (SSSR count). The van der Waals surface area contributed by atoms with Crippen LogP contribution in [0.15, 0.2) is 58.8 Å². The number of benzene rings is 2. The Hall–Kier alpha value is -1.38. The summed E-state index contributed by atoms with van der Waals surface area (Å²) in [5.41, 5.74) is 2.54. The molecule has 3 nitrogen and oxygen atoms in total. The van der Waals surface area contributed by atoms with Gasteiger partial charge in [-0.3, -0.25) is 4.79 Å². The van der Waals surface area contributed by atoms with Crippen LogP contribution in [0, 0.1) is 10.5 Å². The number of hydrogen-bond donors (Lipinski definition) is 1. The van der Waals surface area contributed by atoms with E-state index in [4.69, 9.17) is 0 Å². The fraction of sp³-hybridized carbons (Fsp3) is 0.111. The maximum atomic E-state index is 12.6. The number of aromatic nitrogens is 1. The molecular formula is C18H15IN2OS2. The Morgan fingerprint density at radius 2 is 1.96 bits per heavy atom. The predicted octanol–water partition coefficient (Wildman–Crippen LogP) is 5.60. The van der Waals surface area contributed by atoms with Gasteiger partial charge in [-0.25, -0.2) is 4.98 Å². The minimum atomic E-state index is -0.0891. The molecule has 6 heteroatoms. The Labute approximate surface area is 163 Å². The predicted molar refractivity (Wildman–Crippen MR) is 110 cm³/mol. The lowest BCUT2D eigenvalue weighted by atomic mass is 10.2. The van der Waals surface area contributed by atoms with Crippen molar-refractivity contribution in [2.24, 2.45) is 0 Å². The third-order valence-corrected chi connectivity index (χ3v) is 5.92. The van der Waals surface area contributed by atoms with E-state index in [2.05, 4.69) is 38.3 Å². The van der Waals surface area contributed by atoms with Crippen molar-refractivity contribution in [1.82, 2.24) is 4.98 Å². The topological polar surface area (TPSA) is 42.0 Å². The molecule has 0 radical (unpaired) electrons. The second-order valence-electron chi connectivity index (χ2n) is 5.10. The zero-order chi connectivity index (χ0) is 16.9. The number of amides is 1. The Morgan fingerprint density at radius 3 is 2.67 bits per heavy atom. The third-order valence-electron chi connectivity index (χ3n) is 3.28. The highest BCUT2D eigenvalue weighted by atomic mass is 127. The van der Waals surface area contributed by atoms with Gasteiger partial charge in [-0.1, -0.05) is 12.1 Å². The molecule has 0 saturated carbocycles. The Bertz CT molecular complexity index is 846. The first-order valence-corrected chi connectivity index (χ1v) is 10.3. The lowest BCUT2D eigenvalue weighted by molar-refractivity contribution is 0.102. The molecule has 1 aromatic heterocycles. The first-order valence-electron chi connectivity index (χ1n) is 7.31. The highest BCUT2D eigenvalue weighted by Gasteiger charge is 2.12. The van der Waals surface area contributed by atoms with Gasteiger partial charge in [0.1, 0.15) is 0 Å². The van der Waals surface area contributed by atoms with E-state index in [1.165, 1.54) is 0 Å². The fourth-order valence-electron chi connectivity index (χ4n) is 2.14. The molecule has 0 fully saturated rings. The highest BCUT2D eigenvalue weighted by Crippen LogP contribution is 2.27. The quantitative estimate of drug-likeness (QED) is 0.393. The minimum absolute atomic E-state index is 0.0891. The van der Waals surface area contributed by atoms with E-state index >= 15 is 0 Å². The lowest BCUT2D eigenvalue weighted by Crippen LogP contribution is -2.12.